The molecule has 0 spiro atoms. The molecule has 0 saturated heterocycles. The number of fused-ring (bicyclic) bond motifs is 1. The van der Waals surface area contributed by atoms with Gasteiger partial charge < -0.3 is 17.8 Å². The van der Waals surface area contributed by atoms with Gasteiger partial charge in [-0.3, -0.25) is 4.98 Å². The number of aromatic nitrogens is 2. The summed E-state index contributed by atoms with van der Waals surface area (Å²) in [6.45, 7) is 1.38. The van der Waals surface area contributed by atoms with Gasteiger partial charge in [-0.25, -0.2) is 0 Å². The first kappa shape index (κ1) is 8.09. The Bertz CT molecular complexity index is 382. The normalized spacial score (nSPS) is 18.5. The van der Waals surface area contributed by atoms with E-state index < -0.39 is 7.04 Å². The molecule has 1 aliphatic heterocycles. The Kier molecular flexibility index (Phi) is 1.54. The topological polar surface area (TPSA) is 38.4 Å². The summed E-state index contributed by atoms with van der Waals surface area (Å²) in [6, 6.07) is 0. The van der Waals surface area contributed by atoms with E-state index in [1.165, 1.54) is 19.3 Å². The Morgan fingerprint density at radius 2 is 2.31 bits per heavy atom. The summed E-state index contributed by atoms with van der Waals surface area (Å²) in [4.78, 5) is 7.46. The van der Waals surface area contributed by atoms with Crippen LogP contribution in [0.25, 0.3) is 0 Å². The summed E-state index contributed by atoms with van der Waals surface area (Å²) < 4.78 is 31.3. The number of halogens is 2. The van der Waals surface area contributed by atoms with Gasteiger partial charge >= 0.3 is 12.9 Å². The van der Waals surface area contributed by atoms with Crippen LogP contribution < -0.4 is 4.48 Å². The second-order valence-corrected chi connectivity index (χ2v) is 2.65. The molecule has 0 amide bonds. The van der Waals surface area contributed by atoms with Crippen molar-refractivity contribution < 1.29 is 17.8 Å². The van der Waals surface area contributed by atoms with Crippen LogP contribution in [0, 0.1) is 0 Å². The SMILES string of the molecule is CC1=Nc2cncc[n+]2[B-](F)(F)O1. The Balaban J connectivity index is 2.62. The van der Waals surface area contributed by atoms with E-state index in [1.807, 2.05) is 0 Å². The molecule has 1 aromatic rings. The first-order valence-electron chi connectivity index (χ1n) is 3.70. The van der Waals surface area contributed by atoms with Crippen LogP contribution in [0.4, 0.5) is 14.4 Å². The average molecular weight is 185 g/mol. The first-order valence-corrected chi connectivity index (χ1v) is 3.70. The van der Waals surface area contributed by atoms with Crippen molar-refractivity contribution in [2.45, 2.75) is 6.92 Å². The quantitative estimate of drug-likeness (QED) is 0.557. The van der Waals surface area contributed by atoms with Crippen molar-refractivity contribution >= 4 is 18.8 Å². The second kappa shape index (κ2) is 2.48. The molecule has 0 saturated carbocycles. The highest BCUT2D eigenvalue weighted by Crippen LogP contribution is 2.16. The summed E-state index contributed by atoms with van der Waals surface area (Å²) in [5.41, 5.74) is 0. The van der Waals surface area contributed by atoms with Crippen LogP contribution in [0.3, 0.4) is 0 Å². The van der Waals surface area contributed by atoms with Gasteiger partial charge in [-0.2, -0.15) is 0 Å². The predicted molar refractivity (Wildman–Crippen MR) is 41.7 cm³/mol. The molecule has 0 radical (unpaired) electrons. The van der Waals surface area contributed by atoms with E-state index >= 15 is 0 Å². The largest absolute Gasteiger partial charge is 0.736 e. The van der Waals surface area contributed by atoms with Gasteiger partial charge in [0.1, 0.15) is 6.20 Å². The Labute approximate surface area is 73.0 Å². The fourth-order valence-electron chi connectivity index (χ4n) is 1.15. The minimum Gasteiger partial charge on any atom is -0.594 e. The van der Waals surface area contributed by atoms with Gasteiger partial charge in [0.2, 0.25) is 0 Å². The molecular formula is C6H6BF2N3O. The number of hydrogen-bond acceptors (Lipinski definition) is 3. The van der Waals surface area contributed by atoms with Gasteiger partial charge in [-0.1, -0.05) is 0 Å². The molecule has 0 unspecified atom stereocenters. The standard InChI is InChI=1S/C6H6BF2N3O/c1-5-11-6-4-10-2-3-12(6)7(8,9)13-5/h2-4H,1H3. The van der Waals surface area contributed by atoms with Crippen molar-refractivity contribution in [3.05, 3.63) is 18.6 Å². The van der Waals surface area contributed by atoms with Gasteiger partial charge in [0.25, 0.3) is 5.90 Å². The number of hydrogen-bond donors (Lipinski definition) is 0. The lowest BCUT2D eigenvalue weighted by atomic mass is 10.1. The van der Waals surface area contributed by atoms with E-state index in [2.05, 4.69) is 14.6 Å². The highest BCUT2D eigenvalue weighted by molar-refractivity contribution is 6.52. The van der Waals surface area contributed by atoms with Crippen LogP contribution in [-0.4, -0.2) is 17.9 Å². The molecule has 2 heterocycles. The smallest absolute Gasteiger partial charge is 0.594 e. The minimum atomic E-state index is -4.03. The molecule has 0 atom stereocenters. The molecular weight excluding hydrogens is 179 g/mol. The lowest BCUT2D eigenvalue weighted by molar-refractivity contribution is -0.569. The summed E-state index contributed by atoms with van der Waals surface area (Å²) >= 11 is 0. The summed E-state index contributed by atoms with van der Waals surface area (Å²) in [7, 11) is -4.03. The molecule has 13 heavy (non-hydrogen) atoms. The van der Waals surface area contributed by atoms with Crippen LogP contribution in [-0.2, 0) is 4.65 Å². The third-order valence-corrected chi connectivity index (χ3v) is 1.68. The van der Waals surface area contributed by atoms with Crippen molar-refractivity contribution in [3.63, 3.8) is 0 Å². The molecule has 0 bridgehead atoms. The maximum atomic E-state index is 13.1. The van der Waals surface area contributed by atoms with Crippen molar-refractivity contribution in [1.82, 2.24) is 4.98 Å². The first-order chi connectivity index (χ1) is 6.09. The maximum Gasteiger partial charge on any atom is 0.736 e. The fourth-order valence-corrected chi connectivity index (χ4v) is 1.15. The zero-order chi connectivity index (χ0) is 9.47. The Morgan fingerprint density at radius 1 is 1.54 bits per heavy atom. The van der Waals surface area contributed by atoms with E-state index in [0.717, 1.165) is 6.20 Å². The predicted octanol–water partition coefficient (Wildman–Crippen LogP) is 0.672. The number of rotatable bonds is 0. The molecule has 1 aliphatic rings. The van der Waals surface area contributed by atoms with Crippen LogP contribution in [0.2, 0.25) is 0 Å². The van der Waals surface area contributed by atoms with Crippen molar-refractivity contribution in [2.75, 3.05) is 0 Å². The van der Waals surface area contributed by atoms with E-state index in [-0.39, 0.29) is 11.7 Å². The molecule has 4 nitrogen and oxygen atoms in total. The van der Waals surface area contributed by atoms with Crippen LogP contribution >= 0.6 is 0 Å². The summed E-state index contributed by atoms with van der Waals surface area (Å²) in [5, 5.41) is 0. The highest BCUT2D eigenvalue weighted by Gasteiger charge is 2.44. The Morgan fingerprint density at radius 3 is 3.08 bits per heavy atom. The van der Waals surface area contributed by atoms with Crippen molar-refractivity contribution in [1.29, 1.82) is 0 Å². The van der Waals surface area contributed by atoms with E-state index in [0.29, 0.717) is 4.48 Å². The molecule has 0 aliphatic carbocycles. The Hall–Kier alpha value is -1.53. The average Bonchev–Trinajstić information content (AvgIpc) is 2.02. The lowest BCUT2D eigenvalue weighted by Gasteiger charge is -2.25. The zero-order valence-corrected chi connectivity index (χ0v) is 6.82. The molecule has 1 aromatic heterocycles. The van der Waals surface area contributed by atoms with Gasteiger partial charge in [0, 0.05) is 6.92 Å². The van der Waals surface area contributed by atoms with E-state index in [4.69, 9.17) is 0 Å². The molecule has 2 rings (SSSR count). The summed E-state index contributed by atoms with van der Waals surface area (Å²) in [6.07, 6.45) is 3.67. The molecule has 7 heteroatoms. The fraction of sp³-hybridized carbons (Fsp3) is 0.167. The van der Waals surface area contributed by atoms with Crippen LogP contribution in [0.5, 0.6) is 0 Å². The second-order valence-electron chi connectivity index (χ2n) is 2.65. The maximum absolute atomic E-state index is 13.1. The minimum absolute atomic E-state index is 0.0435. The van der Waals surface area contributed by atoms with Crippen molar-refractivity contribution in [2.24, 2.45) is 4.99 Å². The number of aliphatic imine (C=N–C) groups is 1. The molecule has 0 fully saturated rings. The van der Waals surface area contributed by atoms with Crippen molar-refractivity contribution in [3.8, 4) is 0 Å². The molecule has 0 N–H and O–H groups in total. The van der Waals surface area contributed by atoms with Gasteiger partial charge in [0.05, 0.1) is 12.4 Å². The van der Waals surface area contributed by atoms with E-state index in [1.54, 1.807) is 0 Å². The third kappa shape index (κ3) is 1.26. The molecule has 0 aromatic carbocycles. The van der Waals surface area contributed by atoms with Gasteiger partial charge in [0.15, 0.2) is 0 Å². The zero-order valence-electron chi connectivity index (χ0n) is 6.82. The lowest BCUT2D eigenvalue weighted by Crippen LogP contribution is -2.63. The van der Waals surface area contributed by atoms with Gasteiger partial charge in [-0.05, 0) is 4.99 Å². The molecule has 68 valence electrons. The van der Waals surface area contributed by atoms with E-state index in [9.17, 15) is 8.63 Å². The third-order valence-electron chi connectivity index (χ3n) is 1.68. The highest BCUT2D eigenvalue weighted by atomic mass is 19.3. The van der Waals surface area contributed by atoms with Gasteiger partial charge in [-0.15, -0.1) is 0 Å². The summed E-state index contributed by atoms with van der Waals surface area (Å²) in [5.74, 6) is 0.0641. The van der Waals surface area contributed by atoms with Crippen LogP contribution in [0.1, 0.15) is 6.92 Å². The monoisotopic (exact) mass is 185 g/mol. The number of nitrogens with zero attached hydrogens (tertiary/aromatic N) is 3. The van der Waals surface area contributed by atoms with Crippen LogP contribution in [0.15, 0.2) is 23.6 Å².